The Labute approximate surface area is 157 Å². The van der Waals surface area contributed by atoms with E-state index in [1.54, 1.807) is 24.4 Å². The summed E-state index contributed by atoms with van der Waals surface area (Å²) < 4.78 is 5.62. The van der Waals surface area contributed by atoms with Gasteiger partial charge in [-0.3, -0.25) is 9.78 Å². The minimum absolute atomic E-state index is 0.0924. The molecule has 1 aromatic heterocycles. The number of rotatable bonds is 8. The van der Waals surface area contributed by atoms with Crippen LogP contribution in [0.5, 0.6) is 5.75 Å². The van der Waals surface area contributed by atoms with Crippen molar-refractivity contribution in [1.82, 2.24) is 15.6 Å². The van der Waals surface area contributed by atoms with Crippen molar-refractivity contribution in [3.8, 4) is 5.75 Å². The quantitative estimate of drug-likeness (QED) is 0.660. The van der Waals surface area contributed by atoms with Crippen LogP contribution in [0.1, 0.15) is 19.0 Å². The summed E-state index contributed by atoms with van der Waals surface area (Å²) in [6.07, 6.45) is 2.53. The highest BCUT2D eigenvalue weighted by Crippen LogP contribution is 2.28. The number of hydrogen-bond donors (Lipinski definition) is 3. The summed E-state index contributed by atoms with van der Waals surface area (Å²) in [6, 6.07) is 9.97. The van der Waals surface area contributed by atoms with Crippen LogP contribution >= 0.6 is 11.6 Å². The van der Waals surface area contributed by atoms with Crippen molar-refractivity contribution in [2.24, 2.45) is 0 Å². The molecule has 3 N–H and O–H groups in total. The molecule has 0 fully saturated rings. The Balaban J connectivity index is 1.82. The maximum absolute atomic E-state index is 11.8. The first-order valence-electron chi connectivity index (χ1n) is 8.22. The second kappa shape index (κ2) is 10.2. The molecule has 0 aliphatic carbocycles. The summed E-state index contributed by atoms with van der Waals surface area (Å²) >= 11 is 6.18. The molecular formula is C18H21ClN4O3. The fraction of sp³-hybridized carbons (Fsp3) is 0.278. The lowest BCUT2D eigenvalue weighted by atomic mass is 10.3. The molecule has 0 radical (unpaired) electrons. The van der Waals surface area contributed by atoms with Crippen molar-refractivity contribution in [2.75, 3.05) is 18.4 Å². The molecule has 0 aliphatic rings. The van der Waals surface area contributed by atoms with E-state index in [9.17, 15) is 9.59 Å². The molecule has 0 atom stereocenters. The molecule has 8 heteroatoms. The van der Waals surface area contributed by atoms with Gasteiger partial charge < -0.3 is 20.7 Å². The largest absolute Gasteiger partial charge is 0.486 e. The molecule has 0 aliphatic heterocycles. The number of urea groups is 1. The molecular weight excluding hydrogens is 356 g/mol. The smallest absolute Gasteiger partial charge is 0.319 e. The van der Waals surface area contributed by atoms with Gasteiger partial charge >= 0.3 is 6.03 Å². The fourth-order valence-electron chi connectivity index (χ4n) is 1.99. The van der Waals surface area contributed by atoms with Gasteiger partial charge in [-0.05, 0) is 36.8 Å². The van der Waals surface area contributed by atoms with Gasteiger partial charge in [0.2, 0.25) is 5.91 Å². The predicted molar refractivity (Wildman–Crippen MR) is 100 cm³/mol. The Morgan fingerprint density at radius 1 is 1.19 bits per heavy atom. The Hall–Kier alpha value is -2.80. The molecule has 0 spiro atoms. The van der Waals surface area contributed by atoms with E-state index in [1.165, 1.54) is 0 Å². The van der Waals surface area contributed by atoms with Crippen LogP contribution in [0.15, 0.2) is 42.6 Å². The molecule has 138 valence electrons. The number of aromatic nitrogens is 1. The lowest BCUT2D eigenvalue weighted by Gasteiger charge is -2.11. The normalized spacial score (nSPS) is 10.1. The first-order valence-corrected chi connectivity index (χ1v) is 8.60. The Morgan fingerprint density at radius 2 is 2.04 bits per heavy atom. The molecule has 26 heavy (non-hydrogen) atoms. The van der Waals surface area contributed by atoms with Gasteiger partial charge in [0.1, 0.15) is 12.4 Å². The number of nitrogens with one attached hydrogen (secondary N) is 3. The molecule has 1 aromatic carbocycles. The molecule has 2 aromatic rings. The first-order chi connectivity index (χ1) is 12.6. The Bertz CT molecular complexity index is 740. The van der Waals surface area contributed by atoms with E-state index in [-0.39, 0.29) is 12.5 Å². The zero-order chi connectivity index (χ0) is 18.8. The third kappa shape index (κ3) is 6.60. The molecule has 3 amide bonds. The number of hydrogen-bond acceptors (Lipinski definition) is 4. The van der Waals surface area contributed by atoms with Gasteiger partial charge in [-0.2, -0.15) is 0 Å². The van der Waals surface area contributed by atoms with Crippen LogP contribution < -0.4 is 20.7 Å². The van der Waals surface area contributed by atoms with Crippen LogP contribution in [0.3, 0.4) is 0 Å². The molecule has 1 heterocycles. The average Bonchev–Trinajstić information content (AvgIpc) is 2.65. The van der Waals surface area contributed by atoms with Gasteiger partial charge in [0.05, 0.1) is 17.3 Å². The summed E-state index contributed by atoms with van der Waals surface area (Å²) in [5.41, 5.74) is 1.28. The zero-order valence-electron chi connectivity index (χ0n) is 14.4. The summed E-state index contributed by atoms with van der Waals surface area (Å²) in [7, 11) is 0. The van der Waals surface area contributed by atoms with Crippen LogP contribution in [0.2, 0.25) is 5.02 Å². The molecule has 0 bridgehead atoms. The standard InChI is InChI=1S/C18H21ClN4O3/c1-2-8-21-17(24)11-22-18(25)23-13-6-7-16(15(19)10-13)26-12-14-5-3-4-9-20-14/h3-7,9-10H,2,8,11-12H2,1H3,(H,21,24)(H2,22,23,25). The molecule has 0 saturated heterocycles. The Kier molecular flexibility index (Phi) is 7.70. The summed E-state index contributed by atoms with van der Waals surface area (Å²) in [5.74, 6) is 0.250. The van der Waals surface area contributed by atoms with E-state index in [1.807, 2.05) is 25.1 Å². The van der Waals surface area contributed by atoms with Crippen LogP contribution in [0, 0.1) is 0 Å². The van der Waals surface area contributed by atoms with Gasteiger partial charge in [0, 0.05) is 18.4 Å². The highest BCUT2D eigenvalue weighted by Gasteiger charge is 2.08. The van der Waals surface area contributed by atoms with Crippen LogP contribution in [0.25, 0.3) is 0 Å². The molecule has 7 nitrogen and oxygen atoms in total. The van der Waals surface area contributed by atoms with E-state index in [0.717, 1.165) is 12.1 Å². The van der Waals surface area contributed by atoms with Crippen molar-refractivity contribution < 1.29 is 14.3 Å². The second-order valence-electron chi connectivity index (χ2n) is 5.41. The first kappa shape index (κ1) is 19.5. The number of anilines is 1. The van der Waals surface area contributed by atoms with E-state index in [2.05, 4.69) is 20.9 Å². The molecule has 0 saturated carbocycles. The van der Waals surface area contributed by atoms with Crippen LogP contribution in [-0.2, 0) is 11.4 Å². The van der Waals surface area contributed by atoms with Gasteiger partial charge in [-0.25, -0.2) is 4.79 Å². The lowest BCUT2D eigenvalue weighted by molar-refractivity contribution is -0.120. The van der Waals surface area contributed by atoms with E-state index in [0.29, 0.717) is 29.6 Å². The van der Waals surface area contributed by atoms with E-state index < -0.39 is 6.03 Å². The monoisotopic (exact) mass is 376 g/mol. The maximum Gasteiger partial charge on any atom is 0.319 e. The third-order valence-electron chi connectivity index (χ3n) is 3.27. The van der Waals surface area contributed by atoms with Gasteiger partial charge in [0.25, 0.3) is 0 Å². The number of nitrogens with zero attached hydrogens (tertiary/aromatic N) is 1. The lowest BCUT2D eigenvalue weighted by Crippen LogP contribution is -2.39. The summed E-state index contributed by atoms with van der Waals surface area (Å²) in [6.45, 7) is 2.73. The zero-order valence-corrected chi connectivity index (χ0v) is 15.2. The van der Waals surface area contributed by atoms with Crippen molar-refractivity contribution in [1.29, 1.82) is 0 Å². The van der Waals surface area contributed by atoms with Crippen molar-refractivity contribution >= 4 is 29.2 Å². The van der Waals surface area contributed by atoms with E-state index >= 15 is 0 Å². The minimum Gasteiger partial charge on any atom is -0.486 e. The summed E-state index contributed by atoms with van der Waals surface area (Å²) in [4.78, 5) is 27.4. The number of halogens is 1. The SMILES string of the molecule is CCCNC(=O)CNC(=O)Nc1ccc(OCc2ccccn2)c(Cl)c1. The Morgan fingerprint density at radius 3 is 2.73 bits per heavy atom. The van der Waals surface area contributed by atoms with Crippen molar-refractivity contribution in [2.45, 2.75) is 20.0 Å². The van der Waals surface area contributed by atoms with Gasteiger partial charge in [0.15, 0.2) is 0 Å². The van der Waals surface area contributed by atoms with Crippen molar-refractivity contribution in [3.05, 3.63) is 53.3 Å². The van der Waals surface area contributed by atoms with Crippen LogP contribution in [0.4, 0.5) is 10.5 Å². The number of benzene rings is 1. The molecule has 2 rings (SSSR count). The topological polar surface area (TPSA) is 92.4 Å². The second-order valence-corrected chi connectivity index (χ2v) is 5.82. The highest BCUT2D eigenvalue weighted by molar-refractivity contribution is 6.32. The predicted octanol–water partition coefficient (Wildman–Crippen LogP) is 2.96. The number of carbonyl (C=O) groups is 2. The number of carbonyl (C=O) groups excluding carboxylic acids is 2. The number of ether oxygens (including phenoxy) is 1. The number of pyridine rings is 1. The van der Waals surface area contributed by atoms with Crippen LogP contribution in [-0.4, -0.2) is 30.0 Å². The van der Waals surface area contributed by atoms with Crippen molar-refractivity contribution in [3.63, 3.8) is 0 Å². The summed E-state index contributed by atoms with van der Waals surface area (Å²) in [5, 5.41) is 8.12. The van der Waals surface area contributed by atoms with Gasteiger partial charge in [-0.1, -0.05) is 24.6 Å². The third-order valence-corrected chi connectivity index (χ3v) is 3.57. The minimum atomic E-state index is -0.491. The fourth-order valence-corrected chi connectivity index (χ4v) is 2.23. The van der Waals surface area contributed by atoms with E-state index in [4.69, 9.17) is 16.3 Å². The van der Waals surface area contributed by atoms with Gasteiger partial charge in [-0.15, -0.1) is 0 Å². The number of amides is 3. The average molecular weight is 377 g/mol. The maximum atomic E-state index is 11.8. The highest BCUT2D eigenvalue weighted by atomic mass is 35.5. The molecule has 0 unspecified atom stereocenters.